The molecule has 3 heterocycles. The van der Waals surface area contributed by atoms with Crippen LogP contribution in [0.1, 0.15) is 109 Å². The molecule has 1 aromatic heterocycles. The van der Waals surface area contributed by atoms with Crippen LogP contribution in [-0.4, -0.2) is 375 Å². The molecule has 4 rings (SSSR count). The first-order valence-corrected chi connectivity index (χ1v) is 38.5. The predicted octanol–water partition coefficient (Wildman–Crippen LogP) is 1.91. The molecule has 39 heteroatoms. The third kappa shape index (κ3) is 46.6. The molecule has 2 aliphatic rings. The normalized spacial score (nSPS) is 16.0. The van der Waals surface area contributed by atoms with Crippen LogP contribution >= 0.6 is 0 Å². The van der Waals surface area contributed by atoms with Gasteiger partial charge >= 0.3 is 53.8 Å². The topological polar surface area (TPSA) is 508 Å². The lowest BCUT2D eigenvalue weighted by atomic mass is 10.0. The van der Waals surface area contributed by atoms with E-state index in [-0.39, 0.29) is 116 Å². The van der Waals surface area contributed by atoms with E-state index in [4.69, 9.17) is 63.1 Å². The molecule has 2 saturated heterocycles. The zero-order valence-corrected chi connectivity index (χ0v) is 64.3. The van der Waals surface area contributed by atoms with E-state index in [1.165, 1.54) is 32.1 Å². The number of carbonyl (C=O) groups is 9. The molecular formula is C72H122N14O25. The summed E-state index contributed by atoms with van der Waals surface area (Å²) in [6.45, 7) is 10.5. The summed E-state index contributed by atoms with van der Waals surface area (Å²) in [5.41, 5.74) is 1.37. The Bertz CT molecular complexity index is 2970. The van der Waals surface area contributed by atoms with E-state index in [9.17, 15) is 73.8 Å². The Labute approximate surface area is 648 Å². The Kier molecular flexibility index (Phi) is 50.7. The summed E-state index contributed by atoms with van der Waals surface area (Å²) in [6, 6.07) is 2.88. The number of aromatic nitrogens is 3. The maximum atomic E-state index is 12.7. The van der Waals surface area contributed by atoms with Crippen LogP contribution in [0.5, 0.6) is 0 Å². The first-order valence-electron chi connectivity index (χ1n) is 38.5. The lowest BCUT2D eigenvalue weighted by Crippen LogP contribution is -2.55. The molecular weight excluding hydrogens is 1460 g/mol. The summed E-state index contributed by atoms with van der Waals surface area (Å²) in [4.78, 5) is 132. The number of hydrogen-bond donors (Lipinski definition) is 13. The number of anilines is 4. The second-order valence-corrected chi connectivity index (χ2v) is 26.8. The number of carboxylic acids is 8. The molecule has 2 aromatic rings. The van der Waals surface area contributed by atoms with Gasteiger partial charge in [0.1, 0.15) is 12.1 Å². The number of nitrogens with one attached hydrogen (secondary N) is 5. The molecule has 630 valence electrons. The number of unbranched alkanes of at least 4 members (excludes halogenated alkanes) is 8. The average molecular weight is 1580 g/mol. The van der Waals surface area contributed by atoms with Crippen LogP contribution in [-0.2, 0) is 82.7 Å². The number of rotatable bonds is 64. The van der Waals surface area contributed by atoms with Crippen molar-refractivity contribution in [2.45, 2.75) is 134 Å². The van der Waals surface area contributed by atoms with E-state index >= 15 is 0 Å². The quantitative estimate of drug-likeness (QED) is 0.0421. The van der Waals surface area contributed by atoms with E-state index in [2.05, 4.69) is 43.3 Å². The minimum absolute atomic E-state index is 0.0241. The molecule has 2 aliphatic heterocycles. The summed E-state index contributed by atoms with van der Waals surface area (Å²) >= 11 is 0. The number of amides is 2. The van der Waals surface area contributed by atoms with Gasteiger partial charge in [-0.3, -0.25) is 53.3 Å². The number of benzene rings is 1. The minimum atomic E-state index is -1.52. The number of aliphatic carboxylic acids is 8. The van der Waals surface area contributed by atoms with Gasteiger partial charge in [-0.25, -0.2) is 14.4 Å². The molecule has 0 radical (unpaired) electrons. The molecule has 111 heavy (non-hydrogen) atoms. The Morgan fingerprint density at radius 1 is 0.432 bits per heavy atom. The summed E-state index contributed by atoms with van der Waals surface area (Å²) in [6.07, 6.45) is 10.3. The van der Waals surface area contributed by atoms with Gasteiger partial charge in [0.25, 0.3) is 0 Å². The fourth-order valence-electron chi connectivity index (χ4n) is 12.2. The number of ether oxygens (including phenoxy) is 8. The first-order chi connectivity index (χ1) is 53.6. The van der Waals surface area contributed by atoms with E-state index < -0.39 is 91.4 Å². The lowest BCUT2D eigenvalue weighted by molar-refractivity contribution is -0.142. The van der Waals surface area contributed by atoms with E-state index in [1.54, 1.807) is 19.6 Å². The van der Waals surface area contributed by atoms with Crippen LogP contribution in [0.2, 0.25) is 0 Å². The highest BCUT2D eigenvalue weighted by atomic mass is 16.6. The van der Waals surface area contributed by atoms with Gasteiger partial charge in [0.15, 0.2) is 0 Å². The Hall–Kier alpha value is -7.90. The Balaban J connectivity index is 1.42. The molecule has 0 aliphatic carbocycles. The molecule has 39 nitrogen and oxygen atoms in total. The summed E-state index contributed by atoms with van der Waals surface area (Å²) < 4.78 is 44.3. The third-order valence-electron chi connectivity index (χ3n) is 18.0. The summed E-state index contributed by atoms with van der Waals surface area (Å²) in [7, 11) is 0. The van der Waals surface area contributed by atoms with Crippen LogP contribution in [0, 0.1) is 0 Å². The van der Waals surface area contributed by atoms with Gasteiger partial charge in [0.05, 0.1) is 144 Å². The SMILES string of the molecule is CCCCCCCCCCC(NCCCC[C@H](NC(=O)N[C@@H](CCC(=O)O)C(=O)O)C(=O)O)N1CCN(c2nc(NCCOCCOCCOCCOCCOCCOCCOCCOCCC(=O)O)nc(Nc3ccc(CC4CN(CC(=O)O)CCN(CC(=O)O)CCN(CC(=O)O)CCN4CC(=O)O)cc3)n2)CC1. The van der Waals surface area contributed by atoms with Gasteiger partial charge in [-0.05, 0) is 62.8 Å². The van der Waals surface area contributed by atoms with Crippen LogP contribution in [0.3, 0.4) is 0 Å². The average Bonchev–Trinajstić information content (AvgIpc) is 0.822. The van der Waals surface area contributed by atoms with Crippen molar-refractivity contribution in [3.63, 3.8) is 0 Å². The van der Waals surface area contributed by atoms with Crippen molar-refractivity contribution >= 4 is 77.3 Å². The highest BCUT2D eigenvalue weighted by Crippen LogP contribution is 2.23. The minimum Gasteiger partial charge on any atom is -0.481 e. The fraction of sp³-hybridized carbons (Fsp3) is 0.750. The van der Waals surface area contributed by atoms with E-state index in [1.807, 2.05) is 24.3 Å². The molecule has 2 amide bonds. The third-order valence-corrected chi connectivity index (χ3v) is 18.0. The van der Waals surface area contributed by atoms with Crippen molar-refractivity contribution < 1.29 is 122 Å². The van der Waals surface area contributed by atoms with Crippen molar-refractivity contribution in [2.75, 3.05) is 233 Å². The van der Waals surface area contributed by atoms with Crippen molar-refractivity contribution in [3.05, 3.63) is 29.8 Å². The van der Waals surface area contributed by atoms with Crippen LogP contribution in [0.25, 0.3) is 0 Å². The van der Waals surface area contributed by atoms with Gasteiger partial charge < -0.3 is 110 Å². The second-order valence-electron chi connectivity index (χ2n) is 26.8. The van der Waals surface area contributed by atoms with Gasteiger partial charge in [-0.1, -0.05) is 70.4 Å². The zero-order valence-electron chi connectivity index (χ0n) is 64.3. The van der Waals surface area contributed by atoms with Crippen molar-refractivity contribution in [1.82, 2.24) is 55.4 Å². The number of urea groups is 1. The van der Waals surface area contributed by atoms with Crippen molar-refractivity contribution in [1.29, 1.82) is 0 Å². The van der Waals surface area contributed by atoms with Crippen LogP contribution in [0.15, 0.2) is 24.3 Å². The zero-order chi connectivity index (χ0) is 80.6. The van der Waals surface area contributed by atoms with Crippen LogP contribution in [0.4, 0.5) is 28.3 Å². The molecule has 0 spiro atoms. The smallest absolute Gasteiger partial charge is 0.326 e. The van der Waals surface area contributed by atoms with Crippen LogP contribution < -0.4 is 31.5 Å². The molecule has 2 fully saturated rings. The van der Waals surface area contributed by atoms with Gasteiger partial charge in [-0.2, -0.15) is 15.0 Å². The maximum Gasteiger partial charge on any atom is 0.326 e. The molecule has 4 atom stereocenters. The molecule has 13 N–H and O–H groups in total. The molecule has 2 unspecified atom stereocenters. The highest BCUT2D eigenvalue weighted by molar-refractivity contribution is 5.86. The molecule has 1 aromatic carbocycles. The fourth-order valence-corrected chi connectivity index (χ4v) is 12.2. The molecule has 0 bridgehead atoms. The highest BCUT2D eigenvalue weighted by Gasteiger charge is 2.31. The second kappa shape index (κ2) is 58.9. The monoisotopic (exact) mass is 1580 g/mol. The van der Waals surface area contributed by atoms with Gasteiger partial charge in [0, 0.05) is 96.7 Å². The Morgan fingerprint density at radius 2 is 0.874 bits per heavy atom. The maximum absolute atomic E-state index is 12.7. The van der Waals surface area contributed by atoms with E-state index in [0.717, 1.165) is 31.2 Å². The number of carboxylic acid groups (broad SMARTS) is 8. The number of hydrogen-bond acceptors (Lipinski definition) is 29. The standard InChI is InChI=1S/C72H122N14O25/c1-2-3-4-5-6-7-8-9-13-60(73-21-11-10-12-58(67(99)100)76-72(103)77-59(68(101)102)18-19-61(87)88)84-29-31-85(32-30-84)71-79-69(74-22-34-105-36-38-107-40-42-109-44-46-111-48-47-110-45-43-108-41-39-106-37-35-104-33-20-62(89)90)78-70(80-71)75-56-16-14-55(15-17-56)49-57-50-83(53-65(95)96)26-25-81(51-63(91)92)23-24-82(52-64(93)94)27-28-86(57)54-66(97)98/h14-17,57-60,73H,2-13,18-54H2,1H3,(H,87,88)(H,89,90)(H,91,92)(H,93,94)(H,95,96)(H,97,98)(H,99,100)(H,101,102)(H2,76,77,103)(H2,74,75,78,79,80)/t57?,58-,59-,60?/m0/s1. The number of carbonyl (C=O) groups excluding carboxylic acids is 1. The molecule has 0 saturated carbocycles. The largest absolute Gasteiger partial charge is 0.481 e. The summed E-state index contributed by atoms with van der Waals surface area (Å²) in [5.74, 6) is -8.45. The Morgan fingerprint density at radius 3 is 1.37 bits per heavy atom. The first kappa shape index (κ1) is 95.5. The van der Waals surface area contributed by atoms with Crippen molar-refractivity contribution in [2.24, 2.45) is 0 Å². The predicted molar refractivity (Wildman–Crippen MR) is 404 cm³/mol. The lowest BCUT2D eigenvalue weighted by Gasteiger charge is -2.40. The van der Waals surface area contributed by atoms with E-state index in [0.29, 0.717) is 156 Å². The summed E-state index contributed by atoms with van der Waals surface area (Å²) in [5, 5.41) is 91.5. The van der Waals surface area contributed by atoms with Gasteiger partial charge in [0.2, 0.25) is 17.8 Å². The number of nitrogens with zero attached hydrogens (tertiary/aromatic N) is 9. The van der Waals surface area contributed by atoms with Gasteiger partial charge in [-0.15, -0.1) is 0 Å². The van der Waals surface area contributed by atoms with Crippen molar-refractivity contribution in [3.8, 4) is 0 Å². The number of piperazine rings is 1.